The molecule has 1 aromatic rings. The van der Waals surface area contributed by atoms with Crippen molar-refractivity contribution in [3.05, 3.63) is 22.4 Å². The summed E-state index contributed by atoms with van der Waals surface area (Å²) >= 11 is 1.68. The van der Waals surface area contributed by atoms with Crippen LogP contribution in [0.5, 0.6) is 0 Å². The second-order valence-corrected chi connectivity index (χ2v) is 7.84. The summed E-state index contributed by atoms with van der Waals surface area (Å²) in [6, 6.07) is 2.04. The topological polar surface area (TPSA) is 61.4 Å². The quantitative estimate of drug-likeness (QED) is 0.858. The third kappa shape index (κ3) is 4.29. The molecule has 1 saturated carbocycles. The molecular formula is C18H27N3O2S. The molecule has 5 nitrogen and oxygen atoms in total. The van der Waals surface area contributed by atoms with E-state index in [2.05, 4.69) is 34.4 Å². The molecule has 3 rings (SSSR count). The molecule has 1 aromatic heterocycles. The molecule has 3 amide bonds. The Morgan fingerprint density at radius 3 is 2.83 bits per heavy atom. The molecule has 1 saturated heterocycles. The summed E-state index contributed by atoms with van der Waals surface area (Å²) in [5.41, 5.74) is 1.26. The Morgan fingerprint density at radius 1 is 1.33 bits per heavy atom. The van der Waals surface area contributed by atoms with Crippen LogP contribution in [0.4, 0.5) is 4.79 Å². The van der Waals surface area contributed by atoms with E-state index in [9.17, 15) is 9.59 Å². The smallest absolute Gasteiger partial charge is 0.315 e. The lowest BCUT2D eigenvalue weighted by molar-refractivity contribution is -0.134. The van der Waals surface area contributed by atoms with Crippen LogP contribution in [0.15, 0.2) is 16.8 Å². The van der Waals surface area contributed by atoms with Crippen LogP contribution < -0.4 is 10.6 Å². The summed E-state index contributed by atoms with van der Waals surface area (Å²) in [5, 5.41) is 10.1. The van der Waals surface area contributed by atoms with E-state index in [1.165, 1.54) is 18.4 Å². The monoisotopic (exact) mass is 349 g/mol. The lowest BCUT2D eigenvalue weighted by Gasteiger charge is -2.21. The highest BCUT2D eigenvalue weighted by Gasteiger charge is 2.32. The standard InChI is InChI=1S/C18H27N3O2S/c1-13(15-7-9-24-12-15)10-19-18(23)20-16-6-8-21(11-16)17(22)14-4-2-3-5-14/h7,9,12-14,16H,2-6,8,10-11H2,1H3,(H2,19,20,23)/t13-,16-/m1/s1. The fourth-order valence-electron chi connectivity index (χ4n) is 3.66. The lowest BCUT2D eigenvalue weighted by atomic mass is 10.1. The zero-order chi connectivity index (χ0) is 16.9. The molecule has 0 unspecified atom stereocenters. The highest BCUT2D eigenvalue weighted by molar-refractivity contribution is 7.07. The maximum atomic E-state index is 12.4. The van der Waals surface area contributed by atoms with E-state index in [4.69, 9.17) is 0 Å². The Kier molecular flexibility index (Phi) is 5.76. The molecule has 2 fully saturated rings. The molecule has 2 N–H and O–H groups in total. The van der Waals surface area contributed by atoms with E-state index in [-0.39, 0.29) is 18.0 Å². The van der Waals surface area contributed by atoms with Gasteiger partial charge in [-0.1, -0.05) is 19.8 Å². The van der Waals surface area contributed by atoms with E-state index in [0.29, 0.717) is 24.9 Å². The Balaban J connectivity index is 1.38. The van der Waals surface area contributed by atoms with Gasteiger partial charge in [0, 0.05) is 31.6 Å². The minimum absolute atomic E-state index is 0.0757. The van der Waals surface area contributed by atoms with Crippen molar-refractivity contribution >= 4 is 23.3 Å². The van der Waals surface area contributed by atoms with E-state index in [0.717, 1.165) is 25.8 Å². The second kappa shape index (κ2) is 8.01. The van der Waals surface area contributed by atoms with Crippen molar-refractivity contribution < 1.29 is 9.59 Å². The predicted molar refractivity (Wildman–Crippen MR) is 96.2 cm³/mol. The number of hydrogen-bond donors (Lipinski definition) is 2. The van der Waals surface area contributed by atoms with Crippen molar-refractivity contribution in [1.82, 2.24) is 15.5 Å². The minimum atomic E-state index is -0.128. The number of nitrogens with zero attached hydrogens (tertiary/aromatic N) is 1. The largest absolute Gasteiger partial charge is 0.340 e. The number of carbonyl (C=O) groups excluding carboxylic acids is 2. The molecule has 6 heteroatoms. The highest BCUT2D eigenvalue weighted by atomic mass is 32.1. The predicted octanol–water partition coefficient (Wildman–Crippen LogP) is 2.94. The number of nitrogens with one attached hydrogen (secondary N) is 2. The van der Waals surface area contributed by atoms with Crippen LogP contribution in [0, 0.1) is 5.92 Å². The summed E-state index contributed by atoms with van der Waals surface area (Å²) < 4.78 is 0. The van der Waals surface area contributed by atoms with Gasteiger partial charge in [0.05, 0.1) is 0 Å². The van der Waals surface area contributed by atoms with Crippen LogP contribution in [0.1, 0.15) is 50.5 Å². The summed E-state index contributed by atoms with van der Waals surface area (Å²) in [7, 11) is 0. The third-order valence-electron chi connectivity index (χ3n) is 5.22. The van der Waals surface area contributed by atoms with Crippen LogP contribution in [0.25, 0.3) is 0 Å². The summed E-state index contributed by atoms with van der Waals surface area (Å²) in [4.78, 5) is 26.4. The molecule has 132 valence electrons. The zero-order valence-electron chi connectivity index (χ0n) is 14.3. The molecular weight excluding hydrogens is 322 g/mol. The van der Waals surface area contributed by atoms with Gasteiger partial charge in [-0.3, -0.25) is 4.79 Å². The van der Waals surface area contributed by atoms with Crippen LogP contribution in [-0.4, -0.2) is 42.5 Å². The number of hydrogen-bond acceptors (Lipinski definition) is 3. The van der Waals surface area contributed by atoms with Gasteiger partial charge >= 0.3 is 6.03 Å². The Morgan fingerprint density at radius 2 is 2.12 bits per heavy atom. The molecule has 0 radical (unpaired) electrons. The first-order valence-electron chi connectivity index (χ1n) is 8.98. The van der Waals surface area contributed by atoms with Crippen LogP contribution in [0.2, 0.25) is 0 Å². The average molecular weight is 350 g/mol. The number of thiophene rings is 1. The fraction of sp³-hybridized carbons (Fsp3) is 0.667. The molecule has 2 atom stereocenters. The van der Waals surface area contributed by atoms with Crippen LogP contribution >= 0.6 is 11.3 Å². The maximum Gasteiger partial charge on any atom is 0.315 e. The molecule has 2 aliphatic rings. The molecule has 2 heterocycles. The van der Waals surface area contributed by atoms with Gasteiger partial charge in [0.25, 0.3) is 0 Å². The van der Waals surface area contributed by atoms with Crippen molar-refractivity contribution in [3.63, 3.8) is 0 Å². The van der Waals surface area contributed by atoms with Gasteiger partial charge in [0.2, 0.25) is 5.91 Å². The molecule has 24 heavy (non-hydrogen) atoms. The Hall–Kier alpha value is -1.56. The zero-order valence-corrected chi connectivity index (χ0v) is 15.1. The van der Waals surface area contributed by atoms with Gasteiger partial charge in [-0.15, -0.1) is 0 Å². The van der Waals surface area contributed by atoms with Crippen LogP contribution in [0.3, 0.4) is 0 Å². The molecule has 0 bridgehead atoms. The molecule has 0 aromatic carbocycles. The first-order chi connectivity index (χ1) is 11.6. The van der Waals surface area contributed by atoms with Gasteiger partial charge in [-0.05, 0) is 47.6 Å². The van der Waals surface area contributed by atoms with Crippen molar-refractivity contribution in [2.24, 2.45) is 5.92 Å². The number of carbonyl (C=O) groups is 2. The van der Waals surface area contributed by atoms with Crippen LogP contribution in [-0.2, 0) is 4.79 Å². The number of rotatable bonds is 5. The van der Waals surface area contributed by atoms with E-state index in [1.54, 1.807) is 11.3 Å². The molecule has 1 aliphatic heterocycles. The first kappa shape index (κ1) is 17.3. The first-order valence-corrected chi connectivity index (χ1v) is 9.93. The Bertz CT molecular complexity index is 555. The number of urea groups is 1. The van der Waals surface area contributed by atoms with Gasteiger partial charge in [-0.25, -0.2) is 4.79 Å². The summed E-state index contributed by atoms with van der Waals surface area (Å²) in [6.07, 6.45) is 5.28. The second-order valence-electron chi connectivity index (χ2n) is 7.06. The van der Waals surface area contributed by atoms with Crippen molar-refractivity contribution in [1.29, 1.82) is 0 Å². The third-order valence-corrected chi connectivity index (χ3v) is 5.92. The van der Waals surface area contributed by atoms with Gasteiger partial charge < -0.3 is 15.5 Å². The van der Waals surface area contributed by atoms with E-state index >= 15 is 0 Å². The number of amides is 3. The minimum Gasteiger partial charge on any atom is -0.340 e. The number of likely N-dealkylation sites (tertiary alicyclic amines) is 1. The molecule has 0 spiro atoms. The normalized spacial score (nSPS) is 22.5. The van der Waals surface area contributed by atoms with Gasteiger partial charge in [-0.2, -0.15) is 11.3 Å². The van der Waals surface area contributed by atoms with Crippen molar-refractivity contribution in [2.75, 3.05) is 19.6 Å². The fourth-order valence-corrected chi connectivity index (χ4v) is 4.45. The average Bonchev–Trinajstić information content (AvgIpc) is 3.33. The lowest BCUT2D eigenvalue weighted by Crippen LogP contribution is -2.45. The summed E-state index contributed by atoms with van der Waals surface area (Å²) in [6.45, 7) is 4.16. The Labute approximate surface area is 147 Å². The van der Waals surface area contributed by atoms with E-state index in [1.807, 2.05) is 4.90 Å². The van der Waals surface area contributed by atoms with Crippen molar-refractivity contribution in [3.8, 4) is 0 Å². The SMILES string of the molecule is C[C@H](CNC(=O)N[C@@H]1CCN(C(=O)C2CCCC2)C1)c1ccsc1. The van der Waals surface area contributed by atoms with E-state index < -0.39 is 0 Å². The summed E-state index contributed by atoms with van der Waals surface area (Å²) in [5.74, 6) is 0.832. The van der Waals surface area contributed by atoms with Gasteiger partial charge in [0.15, 0.2) is 0 Å². The van der Waals surface area contributed by atoms with Crippen molar-refractivity contribution in [2.45, 2.75) is 51.0 Å². The maximum absolute atomic E-state index is 12.4. The highest BCUT2D eigenvalue weighted by Crippen LogP contribution is 2.27. The molecule has 1 aliphatic carbocycles. The van der Waals surface area contributed by atoms with Gasteiger partial charge in [0.1, 0.15) is 0 Å².